The average molecular weight is 344 g/mol. The number of amides is 1. The van der Waals surface area contributed by atoms with Gasteiger partial charge in [0.25, 0.3) is 0 Å². The lowest BCUT2D eigenvalue weighted by molar-refractivity contribution is -0.111. The van der Waals surface area contributed by atoms with Gasteiger partial charge < -0.3 is 14.2 Å². The van der Waals surface area contributed by atoms with Crippen molar-refractivity contribution in [2.45, 2.75) is 6.92 Å². The van der Waals surface area contributed by atoms with Crippen LogP contribution in [-0.2, 0) is 4.79 Å². The molecule has 26 heavy (non-hydrogen) atoms. The number of hydrogen-bond donors (Lipinski definition) is 1. The second-order valence-electron chi connectivity index (χ2n) is 5.91. The van der Waals surface area contributed by atoms with Gasteiger partial charge in [0.05, 0.1) is 6.26 Å². The number of oxazole rings is 1. The molecule has 0 saturated heterocycles. The SMILES string of the molecule is Cc1ccc(-c2nc3cc(NC(=O)C=Cc4ccco4)ccc3o2)cc1. The number of nitrogens with zero attached hydrogens (tertiary/aromatic N) is 1. The average Bonchev–Trinajstić information content (AvgIpc) is 3.30. The van der Waals surface area contributed by atoms with E-state index in [0.717, 1.165) is 5.56 Å². The number of rotatable bonds is 4. The summed E-state index contributed by atoms with van der Waals surface area (Å²) in [5.41, 5.74) is 4.10. The molecule has 5 heteroatoms. The molecule has 2 aromatic heterocycles. The summed E-state index contributed by atoms with van der Waals surface area (Å²) in [7, 11) is 0. The fourth-order valence-corrected chi connectivity index (χ4v) is 2.55. The normalized spacial score (nSPS) is 11.3. The van der Waals surface area contributed by atoms with Crippen molar-refractivity contribution in [3.05, 3.63) is 78.3 Å². The molecule has 0 aliphatic heterocycles. The number of nitrogens with one attached hydrogen (secondary N) is 1. The Hall–Kier alpha value is -3.60. The minimum atomic E-state index is -0.247. The topological polar surface area (TPSA) is 68.3 Å². The standard InChI is InChI=1S/C21H16N2O3/c1-14-4-6-15(7-5-14)21-23-18-13-16(8-10-19(18)26-21)22-20(24)11-9-17-3-2-12-25-17/h2-13H,1H3,(H,22,24). The molecular formula is C21H16N2O3. The van der Waals surface area contributed by atoms with Crippen molar-refractivity contribution >= 4 is 28.8 Å². The predicted octanol–water partition coefficient (Wildman–Crippen LogP) is 5.05. The van der Waals surface area contributed by atoms with Crippen LogP contribution in [-0.4, -0.2) is 10.9 Å². The van der Waals surface area contributed by atoms with Crippen LogP contribution in [0.1, 0.15) is 11.3 Å². The Morgan fingerprint density at radius 1 is 1.12 bits per heavy atom. The number of fused-ring (bicyclic) bond motifs is 1. The van der Waals surface area contributed by atoms with E-state index >= 15 is 0 Å². The largest absolute Gasteiger partial charge is 0.465 e. The Morgan fingerprint density at radius 3 is 2.73 bits per heavy atom. The fraction of sp³-hybridized carbons (Fsp3) is 0.0476. The zero-order valence-electron chi connectivity index (χ0n) is 14.1. The molecule has 4 aromatic rings. The Kier molecular flexibility index (Phi) is 4.11. The van der Waals surface area contributed by atoms with Crippen molar-refractivity contribution in [1.29, 1.82) is 0 Å². The van der Waals surface area contributed by atoms with Crippen LogP contribution in [0.4, 0.5) is 5.69 Å². The van der Waals surface area contributed by atoms with Crippen molar-refractivity contribution < 1.29 is 13.6 Å². The van der Waals surface area contributed by atoms with E-state index in [4.69, 9.17) is 8.83 Å². The van der Waals surface area contributed by atoms with E-state index in [1.54, 1.807) is 42.7 Å². The molecule has 128 valence electrons. The van der Waals surface area contributed by atoms with E-state index in [1.807, 2.05) is 31.2 Å². The third kappa shape index (κ3) is 3.42. The van der Waals surface area contributed by atoms with Crippen molar-refractivity contribution in [1.82, 2.24) is 4.98 Å². The number of carbonyl (C=O) groups excluding carboxylic acids is 1. The monoisotopic (exact) mass is 344 g/mol. The first kappa shape index (κ1) is 15.9. The summed E-state index contributed by atoms with van der Waals surface area (Å²) >= 11 is 0. The summed E-state index contributed by atoms with van der Waals surface area (Å²) in [5, 5.41) is 2.80. The molecule has 0 bridgehead atoms. The number of furan rings is 1. The highest BCUT2D eigenvalue weighted by atomic mass is 16.3. The maximum Gasteiger partial charge on any atom is 0.248 e. The number of anilines is 1. The van der Waals surface area contributed by atoms with E-state index in [-0.39, 0.29) is 5.91 Å². The van der Waals surface area contributed by atoms with E-state index in [0.29, 0.717) is 28.4 Å². The number of benzene rings is 2. The smallest absolute Gasteiger partial charge is 0.248 e. The molecule has 0 radical (unpaired) electrons. The number of aromatic nitrogens is 1. The summed E-state index contributed by atoms with van der Waals surface area (Å²) < 4.78 is 11.0. The zero-order valence-corrected chi connectivity index (χ0v) is 14.1. The molecule has 0 unspecified atom stereocenters. The van der Waals surface area contributed by atoms with Gasteiger partial charge in [-0.1, -0.05) is 17.7 Å². The molecule has 4 rings (SSSR count). The van der Waals surface area contributed by atoms with Crippen LogP contribution in [0.2, 0.25) is 0 Å². The van der Waals surface area contributed by atoms with E-state index in [2.05, 4.69) is 10.3 Å². The first-order valence-corrected chi connectivity index (χ1v) is 8.17. The molecule has 0 fully saturated rings. The van der Waals surface area contributed by atoms with Gasteiger partial charge in [0, 0.05) is 17.3 Å². The summed E-state index contributed by atoms with van der Waals surface area (Å²) in [6, 6.07) is 16.9. The quantitative estimate of drug-likeness (QED) is 0.526. The zero-order chi connectivity index (χ0) is 17.9. The van der Waals surface area contributed by atoms with Gasteiger partial charge in [-0.25, -0.2) is 4.98 Å². The number of hydrogen-bond acceptors (Lipinski definition) is 4. The highest BCUT2D eigenvalue weighted by Crippen LogP contribution is 2.26. The van der Waals surface area contributed by atoms with Gasteiger partial charge >= 0.3 is 0 Å². The fourth-order valence-electron chi connectivity index (χ4n) is 2.55. The van der Waals surface area contributed by atoms with Crippen LogP contribution < -0.4 is 5.32 Å². The Balaban J connectivity index is 1.53. The van der Waals surface area contributed by atoms with Gasteiger partial charge in [0.1, 0.15) is 11.3 Å². The minimum Gasteiger partial charge on any atom is -0.465 e. The van der Waals surface area contributed by atoms with Crippen LogP contribution >= 0.6 is 0 Å². The van der Waals surface area contributed by atoms with E-state index < -0.39 is 0 Å². The molecule has 0 atom stereocenters. The van der Waals surface area contributed by atoms with Crippen LogP contribution in [0.3, 0.4) is 0 Å². The molecule has 1 amide bonds. The third-order valence-electron chi connectivity index (χ3n) is 3.90. The van der Waals surface area contributed by atoms with Crippen LogP contribution in [0, 0.1) is 6.92 Å². The van der Waals surface area contributed by atoms with Crippen LogP contribution in [0.25, 0.3) is 28.6 Å². The first-order chi connectivity index (χ1) is 12.7. The maximum atomic E-state index is 12.0. The molecule has 2 aromatic carbocycles. The molecule has 0 aliphatic carbocycles. The Bertz CT molecular complexity index is 1070. The highest BCUT2D eigenvalue weighted by molar-refractivity contribution is 6.02. The van der Waals surface area contributed by atoms with Gasteiger partial charge in [-0.2, -0.15) is 0 Å². The number of aryl methyl sites for hydroxylation is 1. The van der Waals surface area contributed by atoms with Crippen LogP contribution in [0.5, 0.6) is 0 Å². The van der Waals surface area contributed by atoms with E-state index in [9.17, 15) is 4.79 Å². The van der Waals surface area contributed by atoms with Crippen molar-refractivity contribution in [3.8, 4) is 11.5 Å². The molecular weight excluding hydrogens is 328 g/mol. The molecule has 1 N–H and O–H groups in total. The van der Waals surface area contributed by atoms with Gasteiger partial charge in [-0.3, -0.25) is 4.79 Å². The van der Waals surface area contributed by atoms with Gasteiger partial charge in [0.2, 0.25) is 11.8 Å². The summed E-state index contributed by atoms with van der Waals surface area (Å²) in [4.78, 5) is 16.5. The molecule has 0 spiro atoms. The Morgan fingerprint density at radius 2 is 1.96 bits per heavy atom. The molecule has 0 aliphatic rings. The predicted molar refractivity (Wildman–Crippen MR) is 101 cm³/mol. The Labute approximate surface area is 150 Å². The molecule has 2 heterocycles. The minimum absolute atomic E-state index is 0.247. The van der Waals surface area contributed by atoms with Crippen molar-refractivity contribution in [2.24, 2.45) is 0 Å². The molecule has 0 saturated carbocycles. The lowest BCUT2D eigenvalue weighted by atomic mass is 10.1. The van der Waals surface area contributed by atoms with Crippen molar-refractivity contribution in [2.75, 3.05) is 5.32 Å². The molecule has 5 nitrogen and oxygen atoms in total. The maximum absolute atomic E-state index is 12.0. The van der Waals surface area contributed by atoms with E-state index in [1.165, 1.54) is 11.6 Å². The van der Waals surface area contributed by atoms with Crippen LogP contribution in [0.15, 0.2) is 75.8 Å². The lowest BCUT2D eigenvalue weighted by Gasteiger charge is -2.00. The first-order valence-electron chi connectivity index (χ1n) is 8.17. The van der Waals surface area contributed by atoms with Gasteiger partial charge in [-0.15, -0.1) is 0 Å². The summed E-state index contributed by atoms with van der Waals surface area (Å²) in [5.74, 6) is 0.930. The van der Waals surface area contributed by atoms with Gasteiger partial charge in [-0.05, 0) is 55.5 Å². The lowest BCUT2D eigenvalue weighted by Crippen LogP contribution is -2.07. The van der Waals surface area contributed by atoms with Crippen molar-refractivity contribution in [3.63, 3.8) is 0 Å². The summed E-state index contributed by atoms with van der Waals surface area (Å²) in [6.07, 6.45) is 4.59. The number of carbonyl (C=O) groups is 1. The summed E-state index contributed by atoms with van der Waals surface area (Å²) in [6.45, 7) is 2.03. The highest BCUT2D eigenvalue weighted by Gasteiger charge is 2.09. The third-order valence-corrected chi connectivity index (χ3v) is 3.90. The second kappa shape index (κ2) is 6.72. The van der Waals surface area contributed by atoms with Gasteiger partial charge in [0.15, 0.2) is 5.58 Å². The second-order valence-corrected chi connectivity index (χ2v) is 5.91.